The number of hydrogen-bond acceptors (Lipinski definition) is 4. The molecule has 0 saturated carbocycles. The molecule has 0 aliphatic heterocycles. The largest absolute Gasteiger partial charge is 0.364 e. The highest BCUT2D eigenvalue weighted by Crippen LogP contribution is 2.08. The molecule has 0 fully saturated rings. The Hall–Kier alpha value is -2.17. The van der Waals surface area contributed by atoms with Crippen LogP contribution in [0.25, 0.3) is 0 Å². The summed E-state index contributed by atoms with van der Waals surface area (Å²) in [6, 6.07) is 7.09. The van der Waals surface area contributed by atoms with Crippen LogP contribution < -0.4 is 4.90 Å². The summed E-state index contributed by atoms with van der Waals surface area (Å²) in [5, 5.41) is 3.69. The Bertz CT molecular complexity index is 453. The predicted octanol–water partition coefficient (Wildman–Crippen LogP) is 1.28. The molecule has 0 saturated heterocycles. The number of amides is 1. The van der Waals surface area contributed by atoms with Crippen LogP contribution in [0.2, 0.25) is 0 Å². The van der Waals surface area contributed by atoms with Crippen molar-refractivity contribution in [3.63, 3.8) is 0 Å². The van der Waals surface area contributed by atoms with Crippen LogP contribution in [0.4, 0.5) is 5.82 Å². The van der Waals surface area contributed by atoms with E-state index in [0.29, 0.717) is 11.5 Å². The number of carbonyl (C=O) groups excluding carboxylic acids is 1. The molecule has 2 aromatic rings. The zero-order chi connectivity index (χ0) is 11.4. The van der Waals surface area contributed by atoms with Crippen molar-refractivity contribution in [2.45, 2.75) is 6.42 Å². The van der Waals surface area contributed by atoms with Crippen LogP contribution in [-0.2, 0) is 11.2 Å². The molecule has 16 heavy (non-hydrogen) atoms. The zero-order valence-electron chi connectivity index (χ0n) is 8.83. The third kappa shape index (κ3) is 2.25. The topological polar surface area (TPSA) is 59.2 Å². The molecule has 2 rings (SSSR count). The second kappa shape index (κ2) is 4.57. The molecule has 0 aliphatic carbocycles. The number of likely N-dealkylation sites (N-methyl/N-ethyl adjacent to an activating group) is 1. The molecule has 0 bridgehead atoms. The third-order valence-electron chi connectivity index (χ3n) is 2.19. The maximum atomic E-state index is 11.8. The van der Waals surface area contributed by atoms with Crippen LogP contribution in [0.3, 0.4) is 0 Å². The Kier molecular flexibility index (Phi) is 2.95. The average molecular weight is 217 g/mol. The van der Waals surface area contributed by atoms with Gasteiger partial charge in [0.2, 0.25) is 5.91 Å². The summed E-state index contributed by atoms with van der Waals surface area (Å²) < 4.78 is 4.66. The van der Waals surface area contributed by atoms with Gasteiger partial charge in [0.15, 0.2) is 0 Å². The molecule has 0 N–H and O–H groups in total. The molecule has 0 atom stereocenters. The van der Waals surface area contributed by atoms with E-state index in [1.165, 1.54) is 11.2 Å². The highest BCUT2D eigenvalue weighted by Gasteiger charge is 2.13. The standard InChI is InChI=1S/C11H11N3O2/c1-14(10-4-2-3-6-12-10)11(15)8-9-5-7-16-13-9/h2-7H,8H2,1H3. The molecule has 82 valence electrons. The fourth-order valence-electron chi connectivity index (χ4n) is 1.28. The third-order valence-corrected chi connectivity index (χ3v) is 2.19. The first kappa shape index (κ1) is 10.4. The van der Waals surface area contributed by atoms with Crippen molar-refractivity contribution in [1.82, 2.24) is 10.1 Å². The minimum atomic E-state index is -0.0763. The van der Waals surface area contributed by atoms with Gasteiger partial charge in [-0.2, -0.15) is 0 Å². The Labute approximate surface area is 92.7 Å². The first-order valence-corrected chi connectivity index (χ1v) is 4.84. The molecule has 2 heterocycles. The SMILES string of the molecule is CN(C(=O)Cc1ccon1)c1ccccn1. The van der Waals surface area contributed by atoms with Gasteiger partial charge in [0, 0.05) is 19.3 Å². The van der Waals surface area contributed by atoms with Crippen molar-refractivity contribution in [2.75, 3.05) is 11.9 Å². The van der Waals surface area contributed by atoms with Gasteiger partial charge in [-0.15, -0.1) is 0 Å². The average Bonchev–Trinajstić information content (AvgIpc) is 2.82. The minimum Gasteiger partial charge on any atom is -0.364 e. The molecule has 2 aromatic heterocycles. The molecule has 0 radical (unpaired) electrons. The van der Waals surface area contributed by atoms with E-state index in [0.717, 1.165) is 0 Å². The van der Waals surface area contributed by atoms with Crippen LogP contribution in [0.5, 0.6) is 0 Å². The van der Waals surface area contributed by atoms with Gasteiger partial charge < -0.3 is 4.52 Å². The highest BCUT2D eigenvalue weighted by atomic mass is 16.5. The highest BCUT2D eigenvalue weighted by molar-refractivity contribution is 5.93. The van der Waals surface area contributed by atoms with Crippen molar-refractivity contribution in [3.8, 4) is 0 Å². The number of aromatic nitrogens is 2. The molecule has 0 aromatic carbocycles. The van der Waals surface area contributed by atoms with Crippen LogP contribution in [0.15, 0.2) is 41.2 Å². The smallest absolute Gasteiger partial charge is 0.234 e. The molecular formula is C11H11N3O2. The van der Waals surface area contributed by atoms with E-state index in [1.54, 1.807) is 31.4 Å². The van der Waals surface area contributed by atoms with Gasteiger partial charge in [-0.1, -0.05) is 11.2 Å². The van der Waals surface area contributed by atoms with Gasteiger partial charge in [-0.05, 0) is 12.1 Å². The number of rotatable bonds is 3. The fourth-order valence-corrected chi connectivity index (χ4v) is 1.28. The summed E-state index contributed by atoms with van der Waals surface area (Å²) in [5.41, 5.74) is 0.618. The number of hydrogen-bond donors (Lipinski definition) is 0. The first-order valence-electron chi connectivity index (χ1n) is 4.84. The second-order valence-electron chi connectivity index (χ2n) is 3.31. The molecule has 1 amide bonds. The Balaban J connectivity index is 2.05. The van der Waals surface area contributed by atoms with E-state index in [2.05, 4.69) is 14.7 Å². The lowest BCUT2D eigenvalue weighted by Gasteiger charge is -2.14. The van der Waals surface area contributed by atoms with Crippen LogP contribution in [-0.4, -0.2) is 23.1 Å². The predicted molar refractivity (Wildman–Crippen MR) is 57.9 cm³/mol. The minimum absolute atomic E-state index is 0.0763. The second-order valence-corrected chi connectivity index (χ2v) is 3.31. The van der Waals surface area contributed by atoms with E-state index in [4.69, 9.17) is 0 Å². The lowest BCUT2D eigenvalue weighted by atomic mass is 10.3. The van der Waals surface area contributed by atoms with E-state index in [9.17, 15) is 4.79 Å². The quantitative estimate of drug-likeness (QED) is 0.776. The molecule has 5 heteroatoms. The Morgan fingerprint density at radius 2 is 2.31 bits per heavy atom. The molecule has 0 unspecified atom stereocenters. The molecule has 5 nitrogen and oxygen atoms in total. The van der Waals surface area contributed by atoms with Crippen molar-refractivity contribution in [1.29, 1.82) is 0 Å². The number of pyridine rings is 1. The number of anilines is 1. The van der Waals surface area contributed by atoms with Crippen molar-refractivity contribution >= 4 is 11.7 Å². The zero-order valence-corrected chi connectivity index (χ0v) is 8.83. The van der Waals surface area contributed by atoms with Gasteiger partial charge in [-0.3, -0.25) is 9.69 Å². The maximum Gasteiger partial charge on any atom is 0.234 e. The van der Waals surface area contributed by atoms with Gasteiger partial charge in [0.25, 0.3) is 0 Å². The molecule has 0 aliphatic rings. The monoisotopic (exact) mass is 217 g/mol. The lowest BCUT2D eigenvalue weighted by molar-refractivity contribution is -0.117. The summed E-state index contributed by atoms with van der Waals surface area (Å²) >= 11 is 0. The first-order chi connectivity index (χ1) is 7.77. The number of carbonyl (C=O) groups is 1. The fraction of sp³-hybridized carbons (Fsp3) is 0.182. The van der Waals surface area contributed by atoms with Gasteiger partial charge in [0.1, 0.15) is 12.1 Å². The Morgan fingerprint density at radius 1 is 1.44 bits per heavy atom. The molecule has 0 spiro atoms. The summed E-state index contributed by atoms with van der Waals surface area (Å²) in [4.78, 5) is 17.4. The van der Waals surface area contributed by atoms with Crippen LogP contribution >= 0.6 is 0 Å². The van der Waals surface area contributed by atoms with Gasteiger partial charge in [0.05, 0.1) is 12.1 Å². The van der Waals surface area contributed by atoms with Gasteiger partial charge in [-0.25, -0.2) is 4.98 Å². The van der Waals surface area contributed by atoms with E-state index >= 15 is 0 Å². The molecular weight excluding hydrogens is 206 g/mol. The number of nitrogens with zero attached hydrogens (tertiary/aromatic N) is 3. The van der Waals surface area contributed by atoms with Crippen LogP contribution in [0, 0.1) is 0 Å². The summed E-state index contributed by atoms with van der Waals surface area (Å²) in [7, 11) is 1.69. The van der Waals surface area contributed by atoms with Crippen molar-refractivity contribution in [3.05, 3.63) is 42.4 Å². The maximum absolute atomic E-state index is 11.8. The van der Waals surface area contributed by atoms with Gasteiger partial charge >= 0.3 is 0 Å². The van der Waals surface area contributed by atoms with Crippen LogP contribution in [0.1, 0.15) is 5.69 Å². The van der Waals surface area contributed by atoms with Crippen molar-refractivity contribution in [2.24, 2.45) is 0 Å². The van der Waals surface area contributed by atoms with E-state index < -0.39 is 0 Å². The summed E-state index contributed by atoms with van der Waals surface area (Å²) in [6.45, 7) is 0. The summed E-state index contributed by atoms with van der Waals surface area (Å²) in [5.74, 6) is 0.545. The lowest BCUT2D eigenvalue weighted by Crippen LogP contribution is -2.28. The van der Waals surface area contributed by atoms with E-state index in [-0.39, 0.29) is 12.3 Å². The Morgan fingerprint density at radius 3 is 2.94 bits per heavy atom. The van der Waals surface area contributed by atoms with Crippen molar-refractivity contribution < 1.29 is 9.32 Å². The van der Waals surface area contributed by atoms with E-state index in [1.807, 2.05) is 6.07 Å². The normalized spacial score (nSPS) is 10.1. The summed E-state index contributed by atoms with van der Waals surface area (Å²) in [6.07, 6.45) is 3.31.